The average molecular weight is 343 g/mol. The molecular weight excluding hydrogens is 318 g/mol. The fourth-order valence-electron chi connectivity index (χ4n) is 2.98. The lowest BCUT2D eigenvalue weighted by Crippen LogP contribution is -2.55. The zero-order valence-electron chi connectivity index (χ0n) is 15.2. The first kappa shape index (κ1) is 17.3. The number of amides is 1. The summed E-state index contributed by atoms with van der Waals surface area (Å²) in [6.07, 6.45) is -0.281. The van der Waals surface area contributed by atoms with E-state index in [-0.39, 0.29) is 12.1 Å². The van der Waals surface area contributed by atoms with Gasteiger partial charge in [0.05, 0.1) is 11.0 Å². The molecule has 2 heterocycles. The first-order valence-corrected chi connectivity index (χ1v) is 8.51. The largest absolute Gasteiger partial charge is 0.444 e. The van der Waals surface area contributed by atoms with Gasteiger partial charge in [-0.15, -0.1) is 0 Å². The molecular formula is C18H25N5O2. The smallest absolute Gasteiger partial charge is 0.410 e. The van der Waals surface area contributed by atoms with Crippen molar-refractivity contribution >= 4 is 28.8 Å². The highest BCUT2D eigenvalue weighted by Crippen LogP contribution is 2.26. The third kappa shape index (κ3) is 3.75. The van der Waals surface area contributed by atoms with Gasteiger partial charge in [-0.2, -0.15) is 0 Å². The maximum atomic E-state index is 12.3. The Labute approximate surface area is 147 Å². The van der Waals surface area contributed by atoms with Crippen LogP contribution >= 0.6 is 0 Å². The lowest BCUT2D eigenvalue weighted by Gasteiger charge is -2.40. The fraction of sp³-hybridized carbons (Fsp3) is 0.500. The van der Waals surface area contributed by atoms with Gasteiger partial charge in [-0.1, -0.05) is 12.1 Å². The van der Waals surface area contributed by atoms with Crippen LogP contribution in [0.3, 0.4) is 0 Å². The minimum Gasteiger partial charge on any atom is -0.444 e. The zero-order chi connectivity index (χ0) is 18.2. The third-order valence-electron chi connectivity index (χ3n) is 4.13. The number of aromatic nitrogens is 2. The molecule has 25 heavy (non-hydrogen) atoms. The molecule has 1 saturated heterocycles. The Kier molecular flexibility index (Phi) is 4.41. The molecule has 0 spiro atoms. The number of nitrogen functional groups attached to an aromatic ring is 1. The van der Waals surface area contributed by atoms with Crippen LogP contribution in [0.5, 0.6) is 0 Å². The van der Waals surface area contributed by atoms with Crippen molar-refractivity contribution in [2.24, 2.45) is 0 Å². The number of para-hydroxylation sites is 2. The molecule has 1 aliphatic heterocycles. The van der Waals surface area contributed by atoms with Crippen molar-refractivity contribution in [3.63, 3.8) is 0 Å². The minimum absolute atomic E-state index is 0.0685. The van der Waals surface area contributed by atoms with Gasteiger partial charge in [-0.25, -0.2) is 14.8 Å². The van der Waals surface area contributed by atoms with Crippen molar-refractivity contribution < 1.29 is 9.53 Å². The normalized spacial score (nSPS) is 18.5. The molecule has 0 radical (unpaired) electrons. The van der Waals surface area contributed by atoms with Crippen LogP contribution in [-0.4, -0.2) is 52.2 Å². The molecule has 1 aromatic heterocycles. The van der Waals surface area contributed by atoms with Gasteiger partial charge >= 0.3 is 6.09 Å². The number of rotatable bonds is 1. The highest BCUT2D eigenvalue weighted by molar-refractivity contribution is 5.80. The summed E-state index contributed by atoms with van der Waals surface area (Å²) >= 11 is 0. The van der Waals surface area contributed by atoms with E-state index in [4.69, 9.17) is 10.5 Å². The molecule has 1 atom stereocenters. The molecule has 0 saturated carbocycles. The van der Waals surface area contributed by atoms with Crippen molar-refractivity contribution in [2.75, 3.05) is 30.3 Å². The molecule has 0 aliphatic carbocycles. The number of ether oxygens (including phenoxy) is 1. The molecule has 3 rings (SSSR count). The van der Waals surface area contributed by atoms with Crippen molar-refractivity contribution in [1.29, 1.82) is 0 Å². The number of benzene rings is 1. The summed E-state index contributed by atoms with van der Waals surface area (Å²) in [6.45, 7) is 9.42. The highest BCUT2D eigenvalue weighted by atomic mass is 16.6. The Morgan fingerprint density at radius 2 is 1.84 bits per heavy atom. The minimum atomic E-state index is -0.494. The maximum absolute atomic E-state index is 12.3. The van der Waals surface area contributed by atoms with Gasteiger partial charge in [0, 0.05) is 25.7 Å². The molecule has 2 N–H and O–H groups in total. The predicted molar refractivity (Wildman–Crippen MR) is 98.6 cm³/mol. The summed E-state index contributed by atoms with van der Waals surface area (Å²) in [5.74, 6) is 1.09. The predicted octanol–water partition coefficient (Wildman–Crippen LogP) is 2.66. The second-order valence-electron chi connectivity index (χ2n) is 7.39. The lowest BCUT2D eigenvalue weighted by molar-refractivity contribution is 0.0218. The van der Waals surface area contributed by atoms with Crippen LogP contribution in [-0.2, 0) is 4.74 Å². The molecule has 0 unspecified atom stereocenters. The number of nitrogens with two attached hydrogens (primary N) is 1. The van der Waals surface area contributed by atoms with Gasteiger partial charge in [-0.05, 0) is 39.8 Å². The van der Waals surface area contributed by atoms with Crippen molar-refractivity contribution in [2.45, 2.75) is 39.3 Å². The third-order valence-corrected chi connectivity index (χ3v) is 4.13. The Balaban J connectivity index is 1.78. The molecule has 0 bridgehead atoms. The van der Waals surface area contributed by atoms with Gasteiger partial charge < -0.3 is 20.3 Å². The van der Waals surface area contributed by atoms with Gasteiger partial charge in [0.1, 0.15) is 5.60 Å². The quantitative estimate of drug-likeness (QED) is 0.857. The summed E-state index contributed by atoms with van der Waals surface area (Å²) in [6, 6.07) is 7.73. The zero-order valence-corrected chi connectivity index (χ0v) is 15.2. The molecule has 1 fully saturated rings. The van der Waals surface area contributed by atoms with Crippen LogP contribution < -0.4 is 10.6 Å². The van der Waals surface area contributed by atoms with Crippen LogP contribution in [0.2, 0.25) is 0 Å². The monoisotopic (exact) mass is 343 g/mol. The maximum Gasteiger partial charge on any atom is 0.410 e. The summed E-state index contributed by atoms with van der Waals surface area (Å²) in [5.41, 5.74) is 7.24. The van der Waals surface area contributed by atoms with Crippen LogP contribution in [0, 0.1) is 0 Å². The summed E-state index contributed by atoms with van der Waals surface area (Å²) in [7, 11) is 0. The van der Waals surface area contributed by atoms with E-state index in [1.165, 1.54) is 0 Å². The molecule has 2 aromatic rings. The van der Waals surface area contributed by atoms with Crippen molar-refractivity contribution in [3.8, 4) is 0 Å². The number of anilines is 2. The summed E-state index contributed by atoms with van der Waals surface area (Å²) < 4.78 is 5.46. The molecule has 1 aromatic carbocycles. The Hall–Kier alpha value is -2.57. The number of hydrogen-bond acceptors (Lipinski definition) is 6. The second kappa shape index (κ2) is 6.38. The number of hydrogen-bond donors (Lipinski definition) is 1. The molecule has 1 amide bonds. The van der Waals surface area contributed by atoms with E-state index in [0.717, 1.165) is 11.0 Å². The SMILES string of the molecule is C[C@H]1CN(C(=O)OC(C)(C)C)CCN1c1nc2ccccc2nc1N. The van der Waals surface area contributed by atoms with E-state index in [0.29, 0.717) is 31.3 Å². The van der Waals surface area contributed by atoms with Crippen LogP contribution in [0.25, 0.3) is 11.0 Å². The number of carbonyl (C=O) groups is 1. The van der Waals surface area contributed by atoms with Crippen LogP contribution in [0.4, 0.5) is 16.4 Å². The van der Waals surface area contributed by atoms with Gasteiger partial charge in [0.2, 0.25) is 0 Å². The van der Waals surface area contributed by atoms with Crippen LogP contribution in [0.1, 0.15) is 27.7 Å². The van der Waals surface area contributed by atoms with Gasteiger partial charge in [-0.3, -0.25) is 0 Å². The molecule has 7 nitrogen and oxygen atoms in total. The van der Waals surface area contributed by atoms with E-state index in [9.17, 15) is 4.79 Å². The lowest BCUT2D eigenvalue weighted by atomic mass is 10.2. The van der Waals surface area contributed by atoms with Crippen molar-refractivity contribution in [3.05, 3.63) is 24.3 Å². The second-order valence-corrected chi connectivity index (χ2v) is 7.39. The first-order chi connectivity index (χ1) is 11.7. The topological polar surface area (TPSA) is 84.6 Å². The Bertz CT molecular complexity index is 787. The van der Waals surface area contributed by atoms with Crippen LogP contribution in [0.15, 0.2) is 24.3 Å². The number of fused-ring (bicyclic) bond motifs is 1. The number of piperazine rings is 1. The van der Waals surface area contributed by atoms with E-state index < -0.39 is 5.60 Å². The first-order valence-electron chi connectivity index (χ1n) is 8.51. The van der Waals surface area contributed by atoms with Crippen molar-refractivity contribution in [1.82, 2.24) is 14.9 Å². The standard InChI is InChI=1S/C18H25N5O2/c1-12-11-22(17(24)25-18(2,3)4)9-10-23(12)16-15(19)20-13-7-5-6-8-14(13)21-16/h5-8,12H,9-11H2,1-4H3,(H2,19,20)/t12-/m0/s1. The number of carbonyl (C=O) groups excluding carboxylic acids is 1. The molecule has 7 heteroatoms. The molecule has 134 valence electrons. The van der Waals surface area contributed by atoms with E-state index in [1.54, 1.807) is 4.90 Å². The van der Waals surface area contributed by atoms with Gasteiger partial charge in [0.15, 0.2) is 11.6 Å². The van der Waals surface area contributed by atoms with E-state index in [1.807, 2.05) is 52.0 Å². The van der Waals surface area contributed by atoms with Gasteiger partial charge in [0.25, 0.3) is 0 Å². The summed E-state index contributed by atoms with van der Waals surface area (Å²) in [5, 5.41) is 0. The Morgan fingerprint density at radius 3 is 2.44 bits per heavy atom. The molecule has 1 aliphatic rings. The Morgan fingerprint density at radius 1 is 1.20 bits per heavy atom. The number of nitrogens with zero attached hydrogens (tertiary/aromatic N) is 4. The average Bonchev–Trinajstić information content (AvgIpc) is 2.53. The highest BCUT2D eigenvalue weighted by Gasteiger charge is 2.31. The van der Waals surface area contributed by atoms with E-state index in [2.05, 4.69) is 14.9 Å². The summed E-state index contributed by atoms with van der Waals surface area (Å²) in [4.78, 5) is 25.3. The van der Waals surface area contributed by atoms with E-state index >= 15 is 0 Å². The fourth-order valence-corrected chi connectivity index (χ4v) is 2.98.